The molecule has 6 heteroatoms. The highest BCUT2D eigenvalue weighted by Gasteiger charge is 2.12. The van der Waals surface area contributed by atoms with Crippen molar-refractivity contribution >= 4 is 49.9 Å². The third kappa shape index (κ3) is 3.10. The van der Waals surface area contributed by atoms with Crippen molar-refractivity contribution in [2.45, 2.75) is 13.0 Å². The van der Waals surface area contributed by atoms with Gasteiger partial charge in [0.25, 0.3) is 0 Å². The summed E-state index contributed by atoms with van der Waals surface area (Å²) in [6.45, 7) is 0.811. The second kappa shape index (κ2) is 6.38. The molecule has 2 heterocycles. The topological polar surface area (TPSA) is 27.1 Å². The van der Waals surface area contributed by atoms with Crippen molar-refractivity contribution in [3.63, 3.8) is 0 Å². The number of methoxy groups -OCH3 is 1. The van der Waals surface area contributed by atoms with Crippen molar-refractivity contribution < 1.29 is 4.74 Å². The Morgan fingerprint density at radius 1 is 1.38 bits per heavy atom. The zero-order valence-electron chi connectivity index (χ0n) is 11.5. The van der Waals surface area contributed by atoms with Crippen LogP contribution in [0.4, 0.5) is 0 Å². The van der Waals surface area contributed by atoms with Crippen LogP contribution in [0.5, 0.6) is 5.75 Å². The van der Waals surface area contributed by atoms with Crippen LogP contribution in [0.1, 0.15) is 10.7 Å². The first-order valence-electron chi connectivity index (χ1n) is 6.53. The number of hydrogen-bond acceptors (Lipinski definition) is 3. The predicted molar refractivity (Wildman–Crippen MR) is 91.8 cm³/mol. The summed E-state index contributed by atoms with van der Waals surface area (Å²) in [5.41, 5.74) is 2.06. The largest absolute Gasteiger partial charge is 0.497 e. The van der Waals surface area contributed by atoms with Gasteiger partial charge in [-0.15, -0.1) is 22.9 Å². The van der Waals surface area contributed by atoms with E-state index >= 15 is 0 Å². The molecule has 0 saturated heterocycles. The monoisotopic (exact) mass is 384 g/mol. The molecule has 1 aromatic carbocycles. The molecule has 0 spiro atoms. The van der Waals surface area contributed by atoms with Gasteiger partial charge in [-0.25, -0.2) is 4.98 Å². The maximum Gasteiger partial charge on any atom is 0.121 e. The highest BCUT2D eigenvalue weighted by Crippen LogP contribution is 2.26. The quantitative estimate of drug-likeness (QED) is 0.595. The molecule has 0 N–H and O–H groups in total. The number of fused-ring (bicyclic) bond motifs is 1. The number of imidazole rings is 1. The van der Waals surface area contributed by atoms with Gasteiger partial charge in [-0.1, -0.05) is 0 Å². The second-order valence-corrected chi connectivity index (χ2v) is 6.93. The van der Waals surface area contributed by atoms with Crippen LogP contribution in [0.25, 0.3) is 11.0 Å². The number of benzene rings is 1. The Hall–Kier alpha value is -1.04. The van der Waals surface area contributed by atoms with E-state index in [0.29, 0.717) is 5.88 Å². The Labute approximate surface area is 140 Å². The van der Waals surface area contributed by atoms with Gasteiger partial charge in [0, 0.05) is 33.1 Å². The van der Waals surface area contributed by atoms with E-state index in [2.05, 4.69) is 38.0 Å². The normalized spacial score (nSPS) is 11.2. The predicted octanol–water partition coefficient (Wildman–Crippen LogP) is 4.70. The Morgan fingerprint density at radius 3 is 2.90 bits per heavy atom. The molecule has 3 rings (SSSR count). The molecule has 0 fully saturated rings. The molecule has 0 radical (unpaired) electrons. The zero-order chi connectivity index (χ0) is 14.8. The summed E-state index contributed by atoms with van der Waals surface area (Å²) in [6.07, 6.45) is 0.755. The van der Waals surface area contributed by atoms with E-state index in [-0.39, 0.29) is 0 Å². The molecular formula is C15H14BrClN2OS. The van der Waals surface area contributed by atoms with Crippen LogP contribution in [-0.2, 0) is 13.0 Å². The van der Waals surface area contributed by atoms with Gasteiger partial charge in [0.15, 0.2) is 0 Å². The van der Waals surface area contributed by atoms with Gasteiger partial charge in [0.05, 0.1) is 24.7 Å². The maximum absolute atomic E-state index is 5.92. The lowest BCUT2D eigenvalue weighted by molar-refractivity contribution is 0.415. The molecule has 0 aliphatic rings. The number of alkyl halides is 1. The van der Waals surface area contributed by atoms with Crippen molar-refractivity contribution in [1.29, 1.82) is 0 Å². The highest BCUT2D eigenvalue weighted by atomic mass is 79.9. The van der Waals surface area contributed by atoms with Crippen LogP contribution in [0.2, 0.25) is 0 Å². The van der Waals surface area contributed by atoms with Crippen molar-refractivity contribution in [1.82, 2.24) is 9.55 Å². The van der Waals surface area contributed by atoms with Crippen molar-refractivity contribution in [3.8, 4) is 5.75 Å². The minimum Gasteiger partial charge on any atom is -0.497 e. The molecule has 0 aliphatic carbocycles. The van der Waals surface area contributed by atoms with Crippen molar-refractivity contribution in [3.05, 3.63) is 44.8 Å². The number of aryl methyl sites for hydroxylation is 1. The van der Waals surface area contributed by atoms with Crippen molar-refractivity contribution in [2.75, 3.05) is 13.0 Å². The van der Waals surface area contributed by atoms with Gasteiger partial charge in [-0.2, -0.15) is 0 Å². The molecule has 110 valence electrons. The first kappa shape index (κ1) is 14.9. The molecule has 2 aromatic heterocycles. The van der Waals surface area contributed by atoms with Gasteiger partial charge < -0.3 is 9.30 Å². The Balaban J connectivity index is 2.06. The van der Waals surface area contributed by atoms with E-state index < -0.39 is 0 Å². The lowest BCUT2D eigenvalue weighted by Crippen LogP contribution is -2.04. The highest BCUT2D eigenvalue weighted by molar-refractivity contribution is 9.10. The van der Waals surface area contributed by atoms with Crippen LogP contribution in [0.15, 0.2) is 34.1 Å². The van der Waals surface area contributed by atoms with Crippen LogP contribution in [0, 0.1) is 0 Å². The minimum atomic E-state index is 0.564. The third-order valence-corrected chi connectivity index (χ3v) is 5.16. The molecule has 3 aromatic rings. The summed E-state index contributed by atoms with van der Waals surface area (Å²) >= 11 is 11.2. The molecule has 0 unspecified atom stereocenters. The van der Waals surface area contributed by atoms with Crippen LogP contribution in [0.3, 0.4) is 0 Å². The maximum atomic E-state index is 5.92. The van der Waals surface area contributed by atoms with E-state index in [4.69, 9.17) is 21.3 Å². The van der Waals surface area contributed by atoms with E-state index in [0.717, 1.165) is 40.0 Å². The molecule has 0 amide bonds. The molecular weight excluding hydrogens is 372 g/mol. The number of nitrogens with zero attached hydrogens (tertiary/aromatic N) is 2. The fourth-order valence-corrected chi connectivity index (χ4v) is 3.94. The van der Waals surface area contributed by atoms with Crippen LogP contribution in [-0.4, -0.2) is 22.5 Å². The Bertz CT molecular complexity index is 768. The lowest BCUT2D eigenvalue weighted by atomic mass is 10.3. The molecule has 0 aliphatic heterocycles. The van der Waals surface area contributed by atoms with Gasteiger partial charge in [-0.05, 0) is 34.1 Å². The molecule has 3 nitrogen and oxygen atoms in total. The van der Waals surface area contributed by atoms with Gasteiger partial charge in [0.1, 0.15) is 11.6 Å². The summed E-state index contributed by atoms with van der Waals surface area (Å²) in [5, 5.41) is 2.10. The molecule has 0 saturated carbocycles. The summed E-state index contributed by atoms with van der Waals surface area (Å²) < 4.78 is 8.62. The number of thiophene rings is 1. The Morgan fingerprint density at radius 2 is 2.24 bits per heavy atom. The summed E-state index contributed by atoms with van der Waals surface area (Å²) in [7, 11) is 1.67. The summed E-state index contributed by atoms with van der Waals surface area (Å²) in [6, 6.07) is 8.13. The average Bonchev–Trinajstić information content (AvgIpc) is 3.04. The number of ether oxygens (including phenoxy) is 1. The lowest BCUT2D eigenvalue weighted by Gasteiger charge is -2.07. The number of hydrogen-bond donors (Lipinski definition) is 0. The minimum absolute atomic E-state index is 0.564. The third-order valence-electron chi connectivity index (χ3n) is 3.29. The fraction of sp³-hybridized carbons (Fsp3) is 0.267. The molecule has 0 bridgehead atoms. The smallest absolute Gasteiger partial charge is 0.121 e. The first-order chi connectivity index (χ1) is 10.2. The van der Waals surface area contributed by atoms with E-state index in [1.54, 1.807) is 18.4 Å². The van der Waals surface area contributed by atoms with E-state index in [9.17, 15) is 0 Å². The van der Waals surface area contributed by atoms with Crippen molar-refractivity contribution in [2.24, 2.45) is 0 Å². The second-order valence-electron chi connectivity index (χ2n) is 4.64. The molecule has 0 atom stereocenters. The van der Waals surface area contributed by atoms with Gasteiger partial charge in [0.2, 0.25) is 0 Å². The van der Waals surface area contributed by atoms with E-state index in [1.165, 1.54) is 4.88 Å². The summed E-state index contributed by atoms with van der Waals surface area (Å²) in [4.78, 5) is 5.99. The zero-order valence-corrected chi connectivity index (χ0v) is 14.6. The number of rotatable bonds is 5. The molecule has 21 heavy (non-hydrogen) atoms. The SMILES string of the molecule is COc1ccc2c(c1)nc(CCCl)n2Cc1cc(Br)cs1. The number of halogens is 2. The van der Waals surface area contributed by atoms with Gasteiger partial charge in [-0.3, -0.25) is 0 Å². The first-order valence-corrected chi connectivity index (χ1v) is 8.74. The van der Waals surface area contributed by atoms with E-state index in [1.807, 2.05) is 12.1 Å². The average molecular weight is 386 g/mol. The van der Waals surface area contributed by atoms with Crippen LogP contribution < -0.4 is 4.74 Å². The summed E-state index contributed by atoms with van der Waals surface area (Å²) in [5.74, 6) is 2.40. The number of aromatic nitrogens is 2. The fourth-order valence-electron chi connectivity index (χ4n) is 2.33. The Kier molecular flexibility index (Phi) is 4.52. The standard InChI is InChI=1S/C15H14BrClN2OS/c1-20-11-2-3-14-13(7-11)18-15(4-5-17)19(14)8-12-6-10(16)9-21-12/h2-3,6-7,9H,4-5,8H2,1H3. The van der Waals surface area contributed by atoms with Crippen LogP contribution >= 0.6 is 38.9 Å². The van der Waals surface area contributed by atoms with Gasteiger partial charge >= 0.3 is 0 Å².